The Labute approximate surface area is 146 Å². The van der Waals surface area contributed by atoms with Gasteiger partial charge < -0.3 is 9.80 Å². The molecule has 0 aromatic heterocycles. The number of benzene rings is 1. The molecule has 1 aromatic carbocycles. The number of sulfone groups is 1. The third-order valence-corrected chi connectivity index (χ3v) is 7.16. The number of piperazine rings is 1. The molecule has 3 rings (SSSR count). The fraction of sp³-hybridized carbons (Fsp3) is 0.529. The number of hydrogen-bond acceptors (Lipinski definition) is 4. The van der Waals surface area contributed by atoms with Crippen LogP contribution >= 0.6 is 0 Å². The van der Waals surface area contributed by atoms with Crippen LogP contribution in [0, 0.1) is 5.82 Å². The van der Waals surface area contributed by atoms with Crippen molar-refractivity contribution in [1.82, 2.24) is 4.90 Å². The van der Waals surface area contributed by atoms with Crippen molar-refractivity contribution in [3.05, 3.63) is 30.1 Å². The molecular formula is C17H21FN2O4S. The molecule has 2 fully saturated rings. The Morgan fingerprint density at radius 2 is 1.84 bits per heavy atom. The molecule has 2 heterocycles. The first-order chi connectivity index (χ1) is 11.6. The monoisotopic (exact) mass is 368 g/mol. The zero-order valence-corrected chi connectivity index (χ0v) is 15.1. The Kier molecular flexibility index (Phi) is 4.35. The Morgan fingerprint density at radius 1 is 1.20 bits per heavy atom. The standard InChI is InChI=1S/C17H21FN2O4S/c1-17(2)16(22)19(13-7-5-12(18)6-8-13)9-10-20(17)15(21)14-4-3-11-25(14,23)24/h5-8,14H,3-4,9-11H2,1-2H3. The van der Waals surface area contributed by atoms with Crippen molar-refractivity contribution in [2.24, 2.45) is 0 Å². The van der Waals surface area contributed by atoms with Crippen molar-refractivity contribution < 1.29 is 22.4 Å². The smallest absolute Gasteiger partial charge is 0.252 e. The van der Waals surface area contributed by atoms with Crippen LogP contribution in [0.1, 0.15) is 26.7 Å². The first kappa shape index (κ1) is 17.8. The Bertz CT molecular complexity index is 804. The number of amides is 2. The molecule has 0 aliphatic carbocycles. The maximum absolute atomic E-state index is 13.1. The van der Waals surface area contributed by atoms with E-state index < -0.39 is 32.4 Å². The van der Waals surface area contributed by atoms with Gasteiger partial charge in [-0.3, -0.25) is 9.59 Å². The predicted octanol–water partition coefficient (Wildman–Crippen LogP) is 1.36. The molecular weight excluding hydrogens is 347 g/mol. The molecule has 2 aliphatic rings. The van der Waals surface area contributed by atoms with Crippen LogP contribution in [0.15, 0.2) is 24.3 Å². The van der Waals surface area contributed by atoms with Gasteiger partial charge in [0.1, 0.15) is 16.6 Å². The lowest BCUT2D eigenvalue weighted by atomic mass is 9.96. The molecule has 6 nitrogen and oxygen atoms in total. The average molecular weight is 368 g/mol. The van der Waals surface area contributed by atoms with Crippen molar-refractivity contribution in [3.8, 4) is 0 Å². The first-order valence-electron chi connectivity index (χ1n) is 8.25. The number of carbonyl (C=O) groups is 2. The van der Waals surface area contributed by atoms with E-state index in [9.17, 15) is 22.4 Å². The highest BCUT2D eigenvalue weighted by molar-refractivity contribution is 7.93. The van der Waals surface area contributed by atoms with Gasteiger partial charge in [0.2, 0.25) is 5.91 Å². The summed E-state index contributed by atoms with van der Waals surface area (Å²) in [6, 6.07) is 5.58. The number of hydrogen-bond donors (Lipinski definition) is 0. The molecule has 1 aromatic rings. The number of anilines is 1. The highest BCUT2D eigenvalue weighted by Crippen LogP contribution is 2.31. The van der Waals surface area contributed by atoms with E-state index in [2.05, 4.69) is 0 Å². The number of halogens is 1. The van der Waals surface area contributed by atoms with E-state index in [1.54, 1.807) is 13.8 Å². The van der Waals surface area contributed by atoms with Crippen LogP contribution in [-0.4, -0.2) is 54.8 Å². The summed E-state index contributed by atoms with van der Waals surface area (Å²) in [5, 5.41) is -1.04. The lowest BCUT2D eigenvalue weighted by molar-refractivity contribution is -0.146. The lowest BCUT2D eigenvalue weighted by Crippen LogP contribution is -2.66. The second kappa shape index (κ2) is 6.09. The Hall–Kier alpha value is -1.96. The summed E-state index contributed by atoms with van der Waals surface area (Å²) in [5.41, 5.74) is -0.609. The summed E-state index contributed by atoms with van der Waals surface area (Å²) in [7, 11) is -3.43. The van der Waals surface area contributed by atoms with Crippen LogP contribution in [0.5, 0.6) is 0 Å². The van der Waals surface area contributed by atoms with Gasteiger partial charge in [0, 0.05) is 18.8 Å². The minimum Gasteiger partial charge on any atom is -0.326 e. The van der Waals surface area contributed by atoms with E-state index in [-0.39, 0.29) is 24.7 Å². The summed E-state index contributed by atoms with van der Waals surface area (Å²) >= 11 is 0. The summed E-state index contributed by atoms with van der Waals surface area (Å²) in [5.74, 6) is -1.17. The molecule has 2 saturated heterocycles. The van der Waals surface area contributed by atoms with Crippen molar-refractivity contribution >= 4 is 27.3 Å². The largest absolute Gasteiger partial charge is 0.326 e. The van der Waals surface area contributed by atoms with Gasteiger partial charge in [0.25, 0.3) is 5.91 Å². The maximum atomic E-state index is 13.1. The molecule has 0 saturated carbocycles. The average Bonchev–Trinajstić information content (AvgIpc) is 2.90. The quantitative estimate of drug-likeness (QED) is 0.790. The minimum atomic E-state index is -3.43. The summed E-state index contributed by atoms with van der Waals surface area (Å²) in [6.07, 6.45) is 0.784. The van der Waals surface area contributed by atoms with Crippen LogP contribution in [0.4, 0.5) is 10.1 Å². The van der Waals surface area contributed by atoms with E-state index in [1.165, 1.54) is 34.1 Å². The lowest BCUT2D eigenvalue weighted by Gasteiger charge is -2.46. The van der Waals surface area contributed by atoms with E-state index in [1.807, 2.05) is 0 Å². The van der Waals surface area contributed by atoms with Crippen LogP contribution in [-0.2, 0) is 19.4 Å². The molecule has 8 heteroatoms. The van der Waals surface area contributed by atoms with Gasteiger partial charge in [-0.05, 0) is 51.0 Å². The third-order valence-electron chi connectivity index (χ3n) is 5.00. The molecule has 1 atom stereocenters. The SMILES string of the molecule is CC1(C)C(=O)N(c2ccc(F)cc2)CCN1C(=O)C1CCCS1(=O)=O. The third kappa shape index (κ3) is 3.03. The Balaban J connectivity index is 1.85. The molecule has 2 amide bonds. The van der Waals surface area contributed by atoms with Crippen molar-refractivity contribution in [2.45, 2.75) is 37.5 Å². The van der Waals surface area contributed by atoms with Crippen LogP contribution in [0.3, 0.4) is 0 Å². The van der Waals surface area contributed by atoms with Gasteiger partial charge >= 0.3 is 0 Å². The molecule has 0 bridgehead atoms. The molecule has 25 heavy (non-hydrogen) atoms. The second-order valence-corrected chi connectivity index (χ2v) is 9.28. The zero-order valence-electron chi connectivity index (χ0n) is 14.2. The number of rotatable bonds is 2. The topological polar surface area (TPSA) is 74.8 Å². The van der Waals surface area contributed by atoms with Crippen LogP contribution in [0.2, 0.25) is 0 Å². The van der Waals surface area contributed by atoms with Crippen LogP contribution < -0.4 is 4.90 Å². The summed E-state index contributed by atoms with van der Waals surface area (Å²) in [4.78, 5) is 28.6. The van der Waals surface area contributed by atoms with E-state index in [0.29, 0.717) is 18.5 Å². The Morgan fingerprint density at radius 3 is 2.40 bits per heavy atom. The summed E-state index contributed by atoms with van der Waals surface area (Å²) in [6.45, 7) is 3.71. The predicted molar refractivity (Wildman–Crippen MR) is 91.4 cm³/mol. The van der Waals surface area contributed by atoms with Gasteiger partial charge in [-0.25, -0.2) is 12.8 Å². The number of carbonyl (C=O) groups excluding carboxylic acids is 2. The highest BCUT2D eigenvalue weighted by atomic mass is 32.2. The molecule has 0 N–H and O–H groups in total. The van der Waals surface area contributed by atoms with Crippen molar-refractivity contribution in [3.63, 3.8) is 0 Å². The second-order valence-electron chi connectivity index (χ2n) is 6.98. The summed E-state index contributed by atoms with van der Waals surface area (Å²) < 4.78 is 37.3. The molecule has 1 unspecified atom stereocenters. The van der Waals surface area contributed by atoms with Crippen molar-refractivity contribution in [1.29, 1.82) is 0 Å². The molecule has 2 aliphatic heterocycles. The van der Waals surface area contributed by atoms with Crippen LogP contribution in [0.25, 0.3) is 0 Å². The van der Waals surface area contributed by atoms with Gasteiger partial charge in [-0.2, -0.15) is 0 Å². The minimum absolute atomic E-state index is 0.0212. The zero-order chi connectivity index (χ0) is 18.4. The van der Waals surface area contributed by atoms with Gasteiger partial charge in [0.05, 0.1) is 5.75 Å². The van der Waals surface area contributed by atoms with Gasteiger partial charge in [0.15, 0.2) is 9.84 Å². The molecule has 136 valence electrons. The highest BCUT2D eigenvalue weighted by Gasteiger charge is 2.49. The van der Waals surface area contributed by atoms with Gasteiger partial charge in [-0.15, -0.1) is 0 Å². The van der Waals surface area contributed by atoms with E-state index in [0.717, 1.165) is 0 Å². The molecule has 0 spiro atoms. The normalized spacial score (nSPS) is 25.2. The fourth-order valence-electron chi connectivity index (χ4n) is 3.52. The number of nitrogens with zero attached hydrogens (tertiary/aromatic N) is 2. The van der Waals surface area contributed by atoms with E-state index >= 15 is 0 Å². The fourth-order valence-corrected chi connectivity index (χ4v) is 5.34. The van der Waals surface area contributed by atoms with Crippen molar-refractivity contribution in [2.75, 3.05) is 23.7 Å². The van der Waals surface area contributed by atoms with E-state index in [4.69, 9.17) is 0 Å². The maximum Gasteiger partial charge on any atom is 0.252 e. The first-order valence-corrected chi connectivity index (χ1v) is 9.97. The van der Waals surface area contributed by atoms with Gasteiger partial charge in [-0.1, -0.05) is 0 Å². The molecule has 0 radical (unpaired) electrons.